The molecule has 2 aromatic rings. The molecule has 2 rings (SSSR count). The van der Waals surface area contributed by atoms with Crippen LogP contribution in [0.1, 0.15) is 11.5 Å². The van der Waals surface area contributed by atoms with Crippen LogP contribution in [0.5, 0.6) is 0 Å². The molecule has 0 amide bonds. The summed E-state index contributed by atoms with van der Waals surface area (Å²) in [5.41, 5.74) is 3.78. The number of hydrogen-bond acceptors (Lipinski definition) is 7. The Kier molecular flexibility index (Phi) is 3.94. The molecule has 0 saturated heterocycles. The average molecular weight is 275 g/mol. The van der Waals surface area contributed by atoms with Crippen molar-refractivity contribution in [3.8, 4) is 0 Å². The van der Waals surface area contributed by atoms with Crippen LogP contribution in [0, 0.1) is 6.92 Å². The van der Waals surface area contributed by atoms with Crippen LogP contribution < -0.4 is 21.7 Å². The summed E-state index contributed by atoms with van der Waals surface area (Å²) in [5.74, 6) is 6.32. The lowest BCUT2D eigenvalue weighted by Crippen LogP contribution is -2.25. The van der Waals surface area contributed by atoms with Crippen LogP contribution in [-0.2, 0) is 6.54 Å². The molecule has 0 aliphatic carbocycles. The number of nitrogens with zero attached hydrogens (tertiary/aromatic N) is 5. The Hall–Kier alpha value is -2.48. The Labute approximate surface area is 116 Å². The molecule has 0 aliphatic heterocycles. The van der Waals surface area contributed by atoms with Crippen molar-refractivity contribution < 1.29 is 0 Å². The van der Waals surface area contributed by atoms with Crippen LogP contribution in [0.15, 0.2) is 23.1 Å². The van der Waals surface area contributed by atoms with Crippen LogP contribution in [0.4, 0.5) is 11.5 Å². The van der Waals surface area contributed by atoms with Gasteiger partial charge in [-0.2, -0.15) is 5.10 Å². The summed E-state index contributed by atoms with van der Waals surface area (Å²) in [6.07, 6.45) is 1.62. The molecule has 0 aliphatic rings. The van der Waals surface area contributed by atoms with Crippen molar-refractivity contribution >= 4 is 11.5 Å². The number of rotatable bonds is 4. The molecule has 0 atom stereocenters. The van der Waals surface area contributed by atoms with Gasteiger partial charge in [0.15, 0.2) is 5.82 Å². The molecular formula is C12H17N7O. The first-order valence-electron chi connectivity index (χ1n) is 6.05. The number of aryl methyl sites for hydroxylation is 1. The number of hydrazine groups is 1. The Morgan fingerprint density at radius 3 is 2.70 bits per heavy atom. The highest BCUT2D eigenvalue weighted by Crippen LogP contribution is 2.06. The van der Waals surface area contributed by atoms with E-state index in [9.17, 15) is 4.79 Å². The first-order chi connectivity index (χ1) is 9.49. The quantitative estimate of drug-likeness (QED) is 0.585. The molecule has 0 fully saturated rings. The summed E-state index contributed by atoms with van der Waals surface area (Å²) in [5, 5.41) is 4.11. The molecule has 0 unspecified atom stereocenters. The topological polar surface area (TPSA) is 102 Å². The van der Waals surface area contributed by atoms with E-state index < -0.39 is 0 Å². The normalized spacial score (nSPS) is 10.4. The third-order valence-electron chi connectivity index (χ3n) is 2.71. The molecule has 20 heavy (non-hydrogen) atoms. The highest BCUT2D eigenvalue weighted by Gasteiger charge is 2.06. The number of nitrogen functional groups attached to an aromatic ring is 1. The van der Waals surface area contributed by atoms with Crippen molar-refractivity contribution in [3.05, 3.63) is 40.2 Å². The van der Waals surface area contributed by atoms with Gasteiger partial charge in [-0.25, -0.2) is 20.5 Å². The molecule has 0 saturated carbocycles. The van der Waals surface area contributed by atoms with Crippen molar-refractivity contribution in [1.82, 2.24) is 19.7 Å². The minimum atomic E-state index is -0.205. The molecule has 106 valence electrons. The lowest BCUT2D eigenvalue weighted by atomic mass is 10.4. The van der Waals surface area contributed by atoms with E-state index in [2.05, 4.69) is 20.5 Å². The Morgan fingerprint density at radius 2 is 2.10 bits per heavy atom. The monoisotopic (exact) mass is 275 g/mol. The third kappa shape index (κ3) is 3.09. The van der Waals surface area contributed by atoms with Gasteiger partial charge in [0, 0.05) is 31.9 Å². The van der Waals surface area contributed by atoms with Crippen LogP contribution in [0.25, 0.3) is 0 Å². The summed E-state index contributed by atoms with van der Waals surface area (Å²) in [7, 11) is 3.70. The smallest absolute Gasteiger partial charge is 0.269 e. The SMILES string of the molecule is Cc1cc(NN)nc(Cn2ncc(N(C)C)cc2=O)n1. The third-order valence-corrected chi connectivity index (χ3v) is 2.71. The van der Waals surface area contributed by atoms with Gasteiger partial charge in [-0.15, -0.1) is 0 Å². The first kappa shape index (κ1) is 13.9. The van der Waals surface area contributed by atoms with Crippen molar-refractivity contribution in [2.45, 2.75) is 13.5 Å². The minimum Gasteiger partial charge on any atom is -0.376 e. The molecule has 3 N–H and O–H groups in total. The average Bonchev–Trinajstić information content (AvgIpc) is 2.40. The Balaban J connectivity index is 2.30. The van der Waals surface area contributed by atoms with Crippen molar-refractivity contribution in [2.24, 2.45) is 5.84 Å². The highest BCUT2D eigenvalue weighted by molar-refractivity contribution is 5.40. The summed E-state index contributed by atoms with van der Waals surface area (Å²) in [6, 6.07) is 3.24. The zero-order valence-electron chi connectivity index (χ0n) is 11.7. The molecular weight excluding hydrogens is 258 g/mol. The van der Waals surface area contributed by atoms with Crippen LogP contribution in [0.2, 0.25) is 0 Å². The van der Waals surface area contributed by atoms with Crippen LogP contribution in [-0.4, -0.2) is 33.8 Å². The van der Waals surface area contributed by atoms with Gasteiger partial charge in [0.1, 0.15) is 12.4 Å². The zero-order chi connectivity index (χ0) is 14.7. The van der Waals surface area contributed by atoms with Gasteiger partial charge in [0.25, 0.3) is 5.56 Å². The predicted molar refractivity (Wildman–Crippen MR) is 76.5 cm³/mol. The molecule has 0 aromatic carbocycles. The molecule has 0 bridgehead atoms. The fourth-order valence-corrected chi connectivity index (χ4v) is 1.70. The van der Waals surface area contributed by atoms with Gasteiger partial charge >= 0.3 is 0 Å². The van der Waals surface area contributed by atoms with Crippen LogP contribution in [0.3, 0.4) is 0 Å². The second kappa shape index (κ2) is 5.66. The maximum Gasteiger partial charge on any atom is 0.269 e. The maximum atomic E-state index is 12.0. The second-order valence-corrected chi connectivity index (χ2v) is 4.56. The minimum absolute atomic E-state index is 0.197. The van der Waals surface area contributed by atoms with Crippen molar-refractivity contribution in [1.29, 1.82) is 0 Å². The molecule has 2 aromatic heterocycles. The fraction of sp³-hybridized carbons (Fsp3) is 0.333. The summed E-state index contributed by atoms with van der Waals surface area (Å²) in [6.45, 7) is 2.03. The molecule has 2 heterocycles. The van der Waals surface area contributed by atoms with E-state index in [0.717, 1.165) is 11.4 Å². The van der Waals surface area contributed by atoms with E-state index >= 15 is 0 Å². The predicted octanol–water partition coefficient (Wildman–Crippen LogP) is -0.258. The maximum absolute atomic E-state index is 12.0. The van der Waals surface area contributed by atoms with E-state index in [0.29, 0.717) is 11.6 Å². The van der Waals surface area contributed by atoms with E-state index in [-0.39, 0.29) is 12.1 Å². The standard InChI is InChI=1S/C12H17N7O/c1-8-4-10(17-13)16-11(15-8)7-19-12(20)5-9(6-14-19)18(2)3/h4-6H,7,13H2,1-3H3,(H,15,16,17). The van der Waals surface area contributed by atoms with Gasteiger partial charge in [0.2, 0.25) is 0 Å². The lowest BCUT2D eigenvalue weighted by molar-refractivity contribution is 0.612. The van der Waals surface area contributed by atoms with E-state index in [1.54, 1.807) is 12.3 Å². The summed E-state index contributed by atoms with van der Waals surface area (Å²) in [4.78, 5) is 22.2. The van der Waals surface area contributed by atoms with Gasteiger partial charge in [-0.05, 0) is 6.92 Å². The summed E-state index contributed by atoms with van der Waals surface area (Å²) >= 11 is 0. The van der Waals surface area contributed by atoms with E-state index in [1.807, 2.05) is 25.9 Å². The molecule has 0 spiro atoms. The fourth-order valence-electron chi connectivity index (χ4n) is 1.70. The van der Waals surface area contributed by atoms with Gasteiger partial charge < -0.3 is 10.3 Å². The van der Waals surface area contributed by atoms with Crippen molar-refractivity contribution in [2.75, 3.05) is 24.4 Å². The number of aromatic nitrogens is 4. The second-order valence-electron chi connectivity index (χ2n) is 4.56. The number of nitrogens with two attached hydrogens (primary N) is 1. The number of hydrogen-bond donors (Lipinski definition) is 2. The number of nitrogens with one attached hydrogen (secondary N) is 1. The van der Waals surface area contributed by atoms with Gasteiger partial charge in [-0.1, -0.05) is 0 Å². The van der Waals surface area contributed by atoms with E-state index in [1.165, 1.54) is 10.7 Å². The molecule has 8 heteroatoms. The Bertz CT molecular complexity index is 665. The highest BCUT2D eigenvalue weighted by atomic mass is 16.1. The van der Waals surface area contributed by atoms with Crippen molar-refractivity contribution in [3.63, 3.8) is 0 Å². The van der Waals surface area contributed by atoms with E-state index in [4.69, 9.17) is 5.84 Å². The zero-order valence-corrected chi connectivity index (χ0v) is 11.7. The molecule has 8 nitrogen and oxygen atoms in total. The number of anilines is 2. The lowest BCUT2D eigenvalue weighted by Gasteiger charge is -2.12. The first-order valence-corrected chi connectivity index (χ1v) is 6.05. The van der Waals surface area contributed by atoms with Gasteiger partial charge in [0.05, 0.1) is 11.9 Å². The largest absolute Gasteiger partial charge is 0.376 e. The van der Waals surface area contributed by atoms with Crippen LogP contribution >= 0.6 is 0 Å². The summed E-state index contributed by atoms with van der Waals surface area (Å²) < 4.78 is 1.31. The molecule has 0 radical (unpaired) electrons. The Morgan fingerprint density at radius 1 is 1.35 bits per heavy atom. The van der Waals surface area contributed by atoms with Gasteiger partial charge in [-0.3, -0.25) is 4.79 Å².